The average Bonchev–Trinajstić information content (AvgIpc) is 2.88. The number of hydrogen-bond donors (Lipinski definition) is 1. The van der Waals surface area contributed by atoms with Crippen LogP contribution in [0.5, 0.6) is 0 Å². The summed E-state index contributed by atoms with van der Waals surface area (Å²) in [6.07, 6.45) is 0.925. The molecule has 2 rings (SSSR count). The summed E-state index contributed by atoms with van der Waals surface area (Å²) in [5.74, 6) is 1.19. The Bertz CT molecular complexity index is 696. The summed E-state index contributed by atoms with van der Waals surface area (Å²) in [4.78, 5) is 12.0. The van der Waals surface area contributed by atoms with Gasteiger partial charge in [-0.05, 0) is 51.3 Å². The van der Waals surface area contributed by atoms with Gasteiger partial charge in [0.15, 0.2) is 5.16 Å². The largest absolute Gasteiger partial charge is 0.353 e. The molecule has 0 aliphatic carbocycles. The summed E-state index contributed by atoms with van der Waals surface area (Å²) in [5.41, 5.74) is 3.41. The molecule has 1 N–H and O–H groups in total. The van der Waals surface area contributed by atoms with Gasteiger partial charge in [-0.3, -0.25) is 9.36 Å². The number of aromatic nitrogens is 3. The molecule has 0 bridgehead atoms. The van der Waals surface area contributed by atoms with E-state index in [1.807, 2.05) is 18.4 Å². The molecule has 1 atom stereocenters. The number of carbonyl (C=O) groups is 1. The van der Waals surface area contributed by atoms with Crippen LogP contribution in [0.1, 0.15) is 37.2 Å². The highest BCUT2D eigenvalue weighted by molar-refractivity contribution is 7.99. The number of carbonyl (C=O) groups excluding carboxylic acids is 1. The number of nitrogens with one attached hydrogen (secondary N) is 1. The number of thioether (sulfide) groups is 1. The second kappa shape index (κ2) is 7.64. The van der Waals surface area contributed by atoms with Crippen LogP contribution in [0.3, 0.4) is 0 Å². The number of benzene rings is 1. The standard InChI is InChI=1S/C17H24N4OS/c1-6-13(4)18-16(22)10-23-17-20-19-14(5)21(17)15-9-11(2)7-8-12(15)3/h7-9,13H,6,10H2,1-5H3,(H,18,22). The van der Waals surface area contributed by atoms with Crippen molar-refractivity contribution in [3.8, 4) is 5.69 Å². The van der Waals surface area contributed by atoms with Gasteiger partial charge in [0.1, 0.15) is 5.82 Å². The van der Waals surface area contributed by atoms with E-state index in [-0.39, 0.29) is 11.9 Å². The third kappa shape index (κ3) is 4.34. The maximum atomic E-state index is 12.0. The van der Waals surface area contributed by atoms with E-state index >= 15 is 0 Å². The zero-order valence-electron chi connectivity index (χ0n) is 14.4. The molecule has 0 aliphatic heterocycles. The summed E-state index contributed by atoms with van der Waals surface area (Å²) in [6.45, 7) is 10.1. The second-order valence-electron chi connectivity index (χ2n) is 5.82. The quantitative estimate of drug-likeness (QED) is 0.825. The molecule has 1 aromatic heterocycles. The van der Waals surface area contributed by atoms with Gasteiger partial charge in [0.25, 0.3) is 0 Å². The molecule has 2 aromatic rings. The van der Waals surface area contributed by atoms with Crippen LogP contribution in [-0.4, -0.2) is 32.5 Å². The molecule has 5 nitrogen and oxygen atoms in total. The van der Waals surface area contributed by atoms with Gasteiger partial charge in [-0.2, -0.15) is 0 Å². The Balaban J connectivity index is 2.19. The highest BCUT2D eigenvalue weighted by atomic mass is 32.2. The first-order valence-electron chi connectivity index (χ1n) is 7.84. The van der Waals surface area contributed by atoms with E-state index in [2.05, 4.69) is 54.5 Å². The summed E-state index contributed by atoms with van der Waals surface area (Å²) >= 11 is 1.42. The van der Waals surface area contributed by atoms with E-state index in [0.717, 1.165) is 28.7 Å². The smallest absolute Gasteiger partial charge is 0.230 e. The van der Waals surface area contributed by atoms with Crippen molar-refractivity contribution in [1.29, 1.82) is 0 Å². The van der Waals surface area contributed by atoms with Gasteiger partial charge in [-0.1, -0.05) is 30.8 Å². The van der Waals surface area contributed by atoms with Gasteiger partial charge in [0, 0.05) is 6.04 Å². The molecule has 1 unspecified atom stereocenters. The highest BCUT2D eigenvalue weighted by Crippen LogP contribution is 2.24. The predicted octanol–water partition coefficient (Wildman–Crippen LogP) is 3.20. The van der Waals surface area contributed by atoms with E-state index < -0.39 is 0 Å². The predicted molar refractivity (Wildman–Crippen MR) is 94.2 cm³/mol. The van der Waals surface area contributed by atoms with E-state index in [4.69, 9.17) is 0 Å². The van der Waals surface area contributed by atoms with Gasteiger partial charge < -0.3 is 5.32 Å². The molecule has 0 fully saturated rings. The van der Waals surface area contributed by atoms with Crippen LogP contribution in [0.15, 0.2) is 23.4 Å². The number of rotatable bonds is 6. The van der Waals surface area contributed by atoms with E-state index in [9.17, 15) is 4.79 Å². The van der Waals surface area contributed by atoms with Crippen LogP contribution in [0.4, 0.5) is 0 Å². The summed E-state index contributed by atoms with van der Waals surface area (Å²) in [7, 11) is 0. The Morgan fingerprint density at radius 2 is 2.04 bits per heavy atom. The lowest BCUT2D eigenvalue weighted by Crippen LogP contribution is -2.33. The van der Waals surface area contributed by atoms with Crippen molar-refractivity contribution in [3.63, 3.8) is 0 Å². The van der Waals surface area contributed by atoms with Crippen molar-refractivity contribution in [2.75, 3.05) is 5.75 Å². The lowest BCUT2D eigenvalue weighted by molar-refractivity contribution is -0.119. The van der Waals surface area contributed by atoms with Crippen molar-refractivity contribution in [1.82, 2.24) is 20.1 Å². The molecule has 6 heteroatoms. The molecule has 124 valence electrons. The fourth-order valence-corrected chi connectivity index (χ4v) is 3.02. The molecule has 0 aliphatic rings. The zero-order chi connectivity index (χ0) is 17.0. The molecule has 0 saturated heterocycles. The number of hydrogen-bond acceptors (Lipinski definition) is 4. The minimum absolute atomic E-state index is 0.0255. The first-order chi connectivity index (χ1) is 10.9. The summed E-state index contributed by atoms with van der Waals surface area (Å²) < 4.78 is 2.02. The average molecular weight is 332 g/mol. The number of aryl methyl sites for hydroxylation is 3. The van der Waals surface area contributed by atoms with Crippen LogP contribution >= 0.6 is 11.8 Å². The Morgan fingerprint density at radius 1 is 1.30 bits per heavy atom. The van der Waals surface area contributed by atoms with Crippen molar-refractivity contribution in [3.05, 3.63) is 35.2 Å². The summed E-state index contributed by atoms with van der Waals surface area (Å²) in [6, 6.07) is 6.50. The van der Waals surface area contributed by atoms with Gasteiger partial charge in [-0.15, -0.1) is 10.2 Å². The topological polar surface area (TPSA) is 59.8 Å². The SMILES string of the molecule is CCC(C)NC(=O)CSc1nnc(C)n1-c1cc(C)ccc1C. The Labute approximate surface area is 141 Å². The normalized spacial score (nSPS) is 12.2. The van der Waals surface area contributed by atoms with Gasteiger partial charge >= 0.3 is 0 Å². The maximum Gasteiger partial charge on any atom is 0.230 e. The van der Waals surface area contributed by atoms with E-state index in [0.29, 0.717) is 5.75 Å². The lowest BCUT2D eigenvalue weighted by atomic mass is 10.1. The minimum Gasteiger partial charge on any atom is -0.353 e. The number of amides is 1. The monoisotopic (exact) mass is 332 g/mol. The van der Waals surface area contributed by atoms with Crippen molar-refractivity contribution < 1.29 is 4.79 Å². The van der Waals surface area contributed by atoms with Gasteiger partial charge in [0.05, 0.1) is 11.4 Å². The molecule has 1 amide bonds. The van der Waals surface area contributed by atoms with Crippen LogP contribution in [0.25, 0.3) is 5.69 Å². The molecular formula is C17H24N4OS. The summed E-state index contributed by atoms with van der Waals surface area (Å²) in [5, 5.41) is 12.1. The van der Waals surface area contributed by atoms with Crippen LogP contribution in [-0.2, 0) is 4.79 Å². The van der Waals surface area contributed by atoms with Gasteiger partial charge in [0.2, 0.25) is 5.91 Å². The fraction of sp³-hybridized carbons (Fsp3) is 0.471. The first kappa shape index (κ1) is 17.5. The molecule has 1 aromatic carbocycles. The first-order valence-corrected chi connectivity index (χ1v) is 8.82. The van der Waals surface area contributed by atoms with Crippen LogP contribution in [0.2, 0.25) is 0 Å². The van der Waals surface area contributed by atoms with E-state index in [1.165, 1.54) is 17.3 Å². The molecular weight excluding hydrogens is 308 g/mol. The van der Waals surface area contributed by atoms with Crippen molar-refractivity contribution in [2.45, 2.75) is 52.2 Å². The molecule has 0 spiro atoms. The van der Waals surface area contributed by atoms with Crippen LogP contribution < -0.4 is 5.32 Å². The van der Waals surface area contributed by atoms with Crippen molar-refractivity contribution in [2.24, 2.45) is 0 Å². The molecule has 0 saturated carbocycles. The zero-order valence-corrected chi connectivity index (χ0v) is 15.2. The molecule has 0 radical (unpaired) electrons. The van der Waals surface area contributed by atoms with Crippen molar-refractivity contribution >= 4 is 17.7 Å². The van der Waals surface area contributed by atoms with Gasteiger partial charge in [-0.25, -0.2) is 0 Å². The molecule has 23 heavy (non-hydrogen) atoms. The van der Waals surface area contributed by atoms with Crippen LogP contribution in [0, 0.1) is 20.8 Å². The fourth-order valence-electron chi connectivity index (χ4n) is 2.22. The lowest BCUT2D eigenvalue weighted by Gasteiger charge is -2.13. The number of nitrogens with zero attached hydrogens (tertiary/aromatic N) is 3. The second-order valence-corrected chi connectivity index (χ2v) is 6.76. The Kier molecular flexibility index (Phi) is 5.82. The Morgan fingerprint density at radius 3 is 2.74 bits per heavy atom. The van der Waals surface area contributed by atoms with E-state index in [1.54, 1.807) is 0 Å². The third-order valence-electron chi connectivity index (χ3n) is 3.75. The highest BCUT2D eigenvalue weighted by Gasteiger charge is 2.15. The third-order valence-corrected chi connectivity index (χ3v) is 4.68. The maximum absolute atomic E-state index is 12.0. The Hall–Kier alpha value is -1.82. The minimum atomic E-state index is 0.0255. The molecule has 1 heterocycles.